The SMILES string of the molecule is CC(C=O)c1ccon1. The van der Waals surface area contributed by atoms with Crippen LogP contribution in [0.2, 0.25) is 0 Å². The van der Waals surface area contributed by atoms with Gasteiger partial charge >= 0.3 is 0 Å². The fourth-order valence-corrected chi connectivity index (χ4v) is 0.526. The molecule has 1 aromatic heterocycles. The van der Waals surface area contributed by atoms with Gasteiger partial charge in [0.15, 0.2) is 0 Å². The molecule has 1 aromatic rings. The summed E-state index contributed by atoms with van der Waals surface area (Å²) in [4.78, 5) is 10.1. The first-order chi connectivity index (χ1) is 4.34. The molecule has 0 aromatic carbocycles. The smallest absolute Gasteiger partial charge is 0.128 e. The maximum absolute atomic E-state index is 10.1. The van der Waals surface area contributed by atoms with Crippen LogP contribution in [0.1, 0.15) is 18.5 Å². The Morgan fingerprint density at radius 2 is 2.67 bits per heavy atom. The van der Waals surface area contributed by atoms with Crippen molar-refractivity contribution in [3.8, 4) is 0 Å². The standard InChI is InChI=1S/C6H7NO2/c1-5(4-8)6-2-3-9-7-6/h2-5H,1H3. The predicted octanol–water partition coefficient (Wildman–Crippen LogP) is 0.977. The van der Waals surface area contributed by atoms with E-state index in [9.17, 15) is 4.79 Å². The molecule has 1 unspecified atom stereocenters. The summed E-state index contributed by atoms with van der Waals surface area (Å²) in [6, 6.07) is 1.68. The van der Waals surface area contributed by atoms with Gasteiger partial charge < -0.3 is 9.32 Å². The van der Waals surface area contributed by atoms with E-state index in [0.717, 1.165) is 6.29 Å². The van der Waals surface area contributed by atoms with Gasteiger partial charge in [0.05, 0.1) is 11.6 Å². The Bertz CT molecular complexity index is 181. The first-order valence-corrected chi connectivity index (χ1v) is 2.70. The van der Waals surface area contributed by atoms with Gasteiger partial charge in [0.25, 0.3) is 0 Å². The van der Waals surface area contributed by atoms with Crippen molar-refractivity contribution >= 4 is 6.29 Å². The molecule has 0 aliphatic carbocycles. The number of aldehydes is 1. The fraction of sp³-hybridized carbons (Fsp3) is 0.333. The average molecular weight is 125 g/mol. The summed E-state index contributed by atoms with van der Waals surface area (Å²) in [5, 5.41) is 3.58. The predicted molar refractivity (Wildman–Crippen MR) is 31.0 cm³/mol. The Hall–Kier alpha value is -1.12. The third-order valence-electron chi connectivity index (χ3n) is 1.13. The monoisotopic (exact) mass is 125 g/mol. The molecule has 0 bridgehead atoms. The second-order valence-corrected chi connectivity index (χ2v) is 1.85. The Labute approximate surface area is 52.7 Å². The molecule has 1 heterocycles. The molecule has 0 fully saturated rings. The fourth-order valence-electron chi connectivity index (χ4n) is 0.526. The Morgan fingerprint density at radius 1 is 1.89 bits per heavy atom. The molecule has 0 aliphatic heterocycles. The van der Waals surface area contributed by atoms with Crippen LogP contribution in [0, 0.1) is 0 Å². The maximum atomic E-state index is 10.1. The van der Waals surface area contributed by atoms with Crippen LogP contribution in [0.3, 0.4) is 0 Å². The number of hydrogen-bond acceptors (Lipinski definition) is 3. The molecule has 0 spiro atoms. The molecule has 9 heavy (non-hydrogen) atoms. The molecule has 3 nitrogen and oxygen atoms in total. The third kappa shape index (κ3) is 1.16. The highest BCUT2D eigenvalue weighted by atomic mass is 16.5. The van der Waals surface area contributed by atoms with Crippen molar-refractivity contribution in [1.29, 1.82) is 0 Å². The van der Waals surface area contributed by atoms with Crippen molar-refractivity contribution < 1.29 is 9.32 Å². The van der Waals surface area contributed by atoms with Crippen LogP contribution in [0.15, 0.2) is 16.9 Å². The second-order valence-electron chi connectivity index (χ2n) is 1.85. The molecule has 0 saturated heterocycles. The van der Waals surface area contributed by atoms with E-state index in [1.807, 2.05) is 0 Å². The topological polar surface area (TPSA) is 43.1 Å². The van der Waals surface area contributed by atoms with Gasteiger partial charge in [-0.05, 0) is 0 Å². The van der Waals surface area contributed by atoms with Gasteiger partial charge in [-0.25, -0.2) is 0 Å². The quantitative estimate of drug-likeness (QED) is 0.553. The molecule has 1 rings (SSSR count). The van der Waals surface area contributed by atoms with Gasteiger partial charge in [0, 0.05) is 6.07 Å². The number of carbonyl (C=O) groups excluding carboxylic acids is 1. The minimum absolute atomic E-state index is 0.149. The van der Waals surface area contributed by atoms with Crippen LogP contribution in [-0.2, 0) is 4.79 Å². The summed E-state index contributed by atoms with van der Waals surface area (Å²) in [7, 11) is 0. The molecule has 0 N–H and O–H groups in total. The first-order valence-electron chi connectivity index (χ1n) is 2.70. The summed E-state index contributed by atoms with van der Waals surface area (Å²) in [6.45, 7) is 1.77. The van der Waals surface area contributed by atoms with E-state index in [4.69, 9.17) is 0 Å². The van der Waals surface area contributed by atoms with Crippen LogP contribution >= 0.6 is 0 Å². The molecular weight excluding hydrogens is 118 g/mol. The highest BCUT2D eigenvalue weighted by Gasteiger charge is 2.04. The number of rotatable bonds is 2. The lowest BCUT2D eigenvalue weighted by Gasteiger charge is -1.91. The summed E-state index contributed by atoms with van der Waals surface area (Å²) >= 11 is 0. The zero-order chi connectivity index (χ0) is 6.69. The van der Waals surface area contributed by atoms with E-state index in [2.05, 4.69) is 9.68 Å². The van der Waals surface area contributed by atoms with E-state index in [-0.39, 0.29) is 5.92 Å². The third-order valence-corrected chi connectivity index (χ3v) is 1.13. The zero-order valence-corrected chi connectivity index (χ0v) is 5.07. The van der Waals surface area contributed by atoms with Gasteiger partial charge in [-0.3, -0.25) is 0 Å². The molecular formula is C6H7NO2. The summed E-state index contributed by atoms with van der Waals surface area (Å²) in [6.07, 6.45) is 2.28. The van der Waals surface area contributed by atoms with Crippen molar-refractivity contribution in [2.24, 2.45) is 0 Å². The second kappa shape index (κ2) is 2.44. The van der Waals surface area contributed by atoms with E-state index in [1.54, 1.807) is 13.0 Å². The summed E-state index contributed by atoms with van der Waals surface area (Å²) in [5.74, 6) is -0.149. The molecule has 48 valence electrons. The number of aromatic nitrogens is 1. The van der Waals surface area contributed by atoms with Crippen LogP contribution in [-0.4, -0.2) is 11.4 Å². The van der Waals surface area contributed by atoms with Crippen molar-refractivity contribution in [2.45, 2.75) is 12.8 Å². The van der Waals surface area contributed by atoms with Gasteiger partial charge in [0.2, 0.25) is 0 Å². The van der Waals surface area contributed by atoms with Crippen molar-refractivity contribution in [3.05, 3.63) is 18.0 Å². The molecule has 0 aliphatic rings. The number of nitrogens with zero attached hydrogens (tertiary/aromatic N) is 1. The largest absolute Gasteiger partial charge is 0.364 e. The summed E-state index contributed by atoms with van der Waals surface area (Å²) in [5.41, 5.74) is 0.685. The van der Waals surface area contributed by atoms with E-state index >= 15 is 0 Å². The Kier molecular flexibility index (Phi) is 1.63. The number of carbonyl (C=O) groups is 1. The van der Waals surface area contributed by atoms with Crippen molar-refractivity contribution in [2.75, 3.05) is 0 Å². The zero-order valence-electron chi connectivity index (χ0n) is 5.07. The van der Waals surface area contributed by atoms with E-state index in [1.165, 1.54) is 6.26 Å². The highest BCUT2D eigenvalue weighted by Crippen LogP contribution is 2.07. The van der Waals surface area contributed by atoms with Crippen molar-refractivity contribution in [3.63, 3.8) is 0 Å². The Morgan fingerprint density at radius 3 is 3.11 bits per heavy atom. The normalized spacial score (nSPS) is 13.0. The van der Waals surface area contributed by atoms with Crippen LogP contribution < -0.4 is 0 Å². The van der Waals surface area contributed by atoms with Crippen LogP contribution in [0.25, 0.3) is 0 Å². The minimum Gasteiger partial charge on any atom is -0.364 e. The Balaban J connectivity index is 2.76. The van der Waals surface area contributed by atoms with Crippen molar-refractivity contribution in [1.82, 2.24) is 5.16 Å². The summed E-state index contributed by atoms with van der Waals surface area (Å²) < 4.78 is 4.53. The molecule has 0 radical (unpaired) electrons. The van der Waals surface area contributed by atoms with Crippen LogP contribution in [0.5, 0.6) is 0 Å². The molecule has 3 heteroatoms. The average Bonchev–Trinajstić information content (AvgIpc) is 2.37. The van der Waals surface area contributed by atoms with Gasteiger partial charge in [-0.1, -0.05) is 12.1 Å². The van der Waals surface area contributed by atoms with Crippen LogP contribution in [0.4, 0.5) is 0 Å². The molecule has 0 saturated carbocycles. The molecule has 0 amide bonds. The lowest BCUT2D eigenvalue weighted by Crippen LogP contribution is -1.92. The minimum atomic E-state index is -0.149. The maximum Gasteiger partial charge on any atom is 0.128 e. The van der Waals surface area contributed by atoms with Gasteiger partial charge in [0.1, 0.15) is 12.5 Å². The first kappa shape index (κ1) is 6.01. The lowest BCUT2D eigenvalue weighted by atomic mass is 10.1. The number of hydrogen-bond donors (Lipinski definition) is 0. The van der Waals surface area contributed by atoms with Gasteiger partial charge in [-0.15, -0.1) is 0 Å². The van der Waals surface area contributed by atoms with E-state index < -0.39 is 0 Å². The van der Waals surface area contributed by atoms with Gasteiger partial charge in [-0.2, -0.15) is 0 Å². The van der Waals surface area contributed by atoms with E-state index in [0.29, 0.717) is 5.69 Å². The highest BCUT2D eigenvalue weighted by molar-refractivity contribution is 5.59. The lowest BCUT2D eigenvalue weighted by molar-refractivity contribution is -0.108. The molecule has 1 atom stereocenters.